The summed E-state index contributed by atoms with van der Waals surface area (Å²) in [7, 11) is 0. The lowest BCUT2D eigenvalue weighted by atomic mass is 10.1. The van der Waals surface area contributed by atoms with Crippen LogP contribution in [0.3, 0.4) is 0 Å². The Hall–Kier alpha value is -0.840. The Morgan fingerprint density at radius 3 is 2.84 bits per heavy atom. The first-order valence-corrected chi connectivity index (χ1v) is 7.80. The van der Waals surface area contributed by atoms with E-state index in [2.05, 4.69) is 46.0 Å². The van der Waals surface area contributed by atoms with Gasteiger partial charge in [-0.05, 0) is 60.0 Å². The van der Waals surface area contributed by atoms with Gasteiger partial charge in [0.2, 0.25) is 0 Å². The number of nitrogens with two attached hydrogens (primary N) is 1. The van der Waals surface area contributed by atoms with E-state index < -0.39 is 0 Å². The maximum absolute atomic E-state index is 5.93. The van der Waals surface area contributed by atoms with Crippen LogP contribution in [-0.4, -0.2) is 11.0 Å². The number of aromatic nitrogens is 1. The third-order valence-electron chi connectivity index (χ3n) is 2.69. The standard InChI is InChI=1S/C15H17BrN2S/c1-10-5-6-14(12(8-10)9-11(2)17)19-15-13(16)4-3-7-18-15/h3-8,11H,9,17H2,1-2H3. The van der Waals surface area contributed by atoms with E-state index in [-0.39, 0.29) is 6.04 Å². The molecule has 0 aliphatic rings. The number of pyridine rings is 1. The molecule has 0 saturated heterocycles. The Bertz CT molecular complexity index is 570. The van der Waals surface area contributed by atoms with E-state index in [0.29, 0.717) is 0 Å². The summed E-state index contributed by atoms with van der Waals surface area (Å²) < 4.78 is 1.02. The molecule has 1 atom stereocenters. The fraction of sp³-hybridized carbons (Fsp3) is 0.267. The number of hydrogen-bond donors (Lipinski definition) is 1. The zero-order valence-corrected chi connectivity index (χ0v) is 13.5. The van der Waals surface area contributed by atoms with Crippen LogP contribution in [0.25, 0.3) is 0 Å². The van der Waals surface area contributed by atoms with Gasteiger partial charge in [0, 0.05) is 17.1 Å². The molecule has 4 heteroatoms. The lowest BCUT2D eigenvalue weighted by Gasteiger charge is -2.12. The molecule has 2 N–H and O–H groups in total. The summed E-state index contributed by atoms with van der Waals surface area (Å²) >= 11 is 5.21. The summed E-state index contributed by atoms with van der Waals surface area (Å²) in [5.74, 6) is 0. The maximum atomic E-state index is 5.93. The van der Waals surface area contributed by atoms with Gasteiger partial charge in [0.25, 0.3) is 0 Å². The van der Waals surface area contributed by atoms with Gasteiger partial charge in [0.1, 0.15) is 5.03 Å². The van der Waals surface area contributed by atoms with E-state index in [4.69, 9.17) is 5.73 Å². The van der Waals surface area contributed by atoms with Crippen LogP contribution < -0.4 is 5.73 Å². The van der Waals surface area contributed by atoms with Crippen LogP contribution in [0.5, 0.6) is 0 Å². The Morgan fingerprint density at radius 2 is 2.16 bits per heavy atom. The molecule has 1 heterocycles. The normalized spacial score (nSPS) is 12.4. The van der Waals surface area contributed by atoms with Crippen molar-refractivity contribution in [2.24, 2.45) is 5.73 Å². The zero-order chi connectivity index (χ0) is 13.8. The third-order valence-corrected chi connectivity index (χ3v) is 4.73. The molecule has 0 saturated carbocycles. The lowest BCUT2D eigenvalue weighted by Crippen LogP contribution is -2.18. The second-order valence-electron chi connectivity index (χ2n) is 4.69. The first kappa shape index (κ1) is 14.6. The van der Waals surface area contributed by atoms with Crippen molar-refractivity contribution in [1.82, 2.24) is 4.98 Å². The molecule has 100 valence electrons. The van der Waals surface area contributed by atoms with Gasteiger partial charge in [0.15, 0.2) is 0 Å². The first-order chi connectivity index (χ1) is 9.06. The van der Waals surface area contributed by atoms with Gasteiger partial charge >= 0.3 is 0 Å². The molecule has 2 aromatic rings. The zero-order valence-electron chi connectivity index (χ0n) is 11.1. The fourth-order valence-electron chi connectivity index (χ4n) is 1.86. The van der Waals surface area contributed by atoms with Crippen molar-refractivity contribution in [2.75, 3.05) is 0 Å². The molecule has 0 aliphatic carbocycles. The molecular weight excluding hydrogens is 320 g/mol. The van der Waals surface area contributed by atoms with Gasteiger partial charge in [-0.1, -0.05) is 29.5 Å². The van der Waals surface area contributed by atoms with Crippen molar-refractivity contribution < 1.29 is 0 Å². The van der Waals surface area contributed by atoms with E-state index >= 15 is 0 Å². The largest absolute Gasteiger partial charge is 0.328 e. The summed E-state index contributed by atoms with van der Waals surface area (Å²) in [5, 5.41) is 0.984. The smallest absolute Gasteiger partial charge is 0.115 e. The van der Waals surface area contributed by atoms with E-state index in [9.17, 15) is 0 Å². The predicted octanol–water partition coefficient (Wildman–Crippen LogP) is 4.19. The third kappa shape index (κ3) is 4.06. The van der Waals surface area contributed by atoms with Gasteiger partial charge < -0.3 is 5.73 Å². The Morgan fingerprint density at radius 1 is 1.37 bits per heavy atom. The monoisotopic (exact) mass is 336 g/mol. The molecule has 0 amide bonds. The van der Waals surface area contributed by atoms with Crippen LogP contribution in [-0.2, 0) is 6.42 Å². The van der Waals surface area contributed by atoms with Crippen molar-refractivity contribution in [1.29, 1.82) is 0 Å². The average molecular weight is 337 g/mol. The van der Waals surface area contributed by atoms with Gasteiger partial charge in [-0.15, -0.1) is 0 Å². The molecule has 1 aromatic carbocycles. The topological polar surface area (TPSA) is 38.9 Å². The van der Waals surface area contributed by atoms with Crippen LogP contribution in [0.15, 0.2) is 50.9 Å². The molecule has 19 heavy (non-hydrogen) atoms. The van der Waals surface area contributed by atoms with Gasteiger partial charge in [-0.25, -0.2) is 4.98 Å². The quantitative estimate of drug-likeness (QED) is 0.909. The minimum Gasteiger partial charge on any atom is -0.328 e. The van der Waals surface area contributed by atoms with Gasteiger partial charge in [-0.3, -0.25) is 0 Å². The fourth-order valence-corrected chi connectivity index (χ4v) is 3.26. The summed E-state index contributed by atoms with van der Waals surface area (Å²) in [4.78, 5) is 5.63. The number of hydrogen-bond acceptors (Lipinski definition) is 3. The van der Waals surface area contributed by atoms with E-state index in [1.165, 1.54) is 16.0 Å². The SMILES string of the molecule is Cc1ccc(Sc2ncccc2Br)c(CC(C)N)c1. The molecule has 1 unspecified atom stereocenters. The number of aryl methyl sites for hydroxylation is 1. The molecule has 1 aromatic heterocycles. The van der Waals surface area contributed by atoms with Crippen LogP contribution in [0, 0.1) is 6.92 Å². The highest BCUT2D eigenvalue weighted by Crippen LogP contribution is 2.34. The highest BCUT2D eigenvalue weighted by Gasteiger charge is 2.09. The highest BCUT2D eigenvalue weighted by atomic mass is 79.9. The number of rotatable bonds is 4. The number of halogens is 1. The Labute approximate surface area is 126 Å². The van der Waals surface area contributed by atoms with Crippen LogP contribution >= 0.6 is 27.7 Å². The molecule has 2 rings (SSSR count). The van der Waals surface area contributed by atoms with E-state index in [0.717, 1.165) is 15.9 Å². The van der Waals surface area contributed by atoms with Crippen molar-refractivity contribution >= 4 is 27.7 Å². The molecule has 0 radical (unpaired) electrons. The van der Waals surface area contributed by atoms with Crippen LogP contribution in [0.4, 0.5) is 0 Å². The molecule has 0 spiro atoms. The van der Waals surface area contributed by atoms with Crippen molar-refractivity contribution in [3.8, 4) is 0 Å². The Kier molecular flexibility index (Phi) is 5.02. The van der Waals surface area contributed by atoms with E-state index in [1.54, 1.807) is 11.8 Å². The first-order valence-electron chi connectivity index (χ1n) is 6.19. The molecule has 0 aliphatic heterocycles. The summed E-state index contributed by atoms with van der Waals surface area (Å²) in [6.45, 7) is 4.14. The van der Waals surface area contributed by atoms with Gasteiger partial charge in [0.05, 0.1) is 4.47 Å². The minimum absolute atomic E-state index is 0.160. The highest BCUT2D eigenvalue weighted by molar-refractivity contribution is 9.10. The lowest BCUT2D eigenvalue weighted by molar-refractivity contribution is 0.728. The van der Waals surface area contributed by atoms with E-state index in [1.807, 2.05) is 25.3 Å². The summed E-state index contributed by atoms with van der Waals surface area (Å²) in [6, 6.07) is 10.6. The second kappa shape index (κ2) is 6.55. The summed E-state index contributed by atoms with van der Waals surface area (Å²) in [5.41, 5.74) is 8.49. The number of nitrogens with zero attached hydrogens (tertiary/aromatic N) is 1. The average Bonchev–Trinajstić information content (AvgIpc) is 2.34. The maximum Gasteiger partial charge on any atom is 0.115 e. The Balaban J connectivity index is 2.32. The second-order valence-corrected chi connectivity index (χ2v) is 6.57. The van der Waals surface area contributed by atoms with Crippen molar-refractivity contribution in [2.45, 2.75) is 36.2 Å². The van der Waals surface area contributed by atoms with Crippen molar-refractivity contribution in [3.05, 3.63) is 52.1 Å². The number of benzene rings is 1. The molecule has 0 fully saturated rings. The van der Waals surface area contributed by atoms with Crippen molar-refractivity contribution in [3.63, 3.8) is 0 Å². The minimum atomic E-state index is 0.160. The van der Waals surface area contributed by atoms with Crippen LogP contribution in [0.2, 0.25) is 0 Å². The summed E-state index contributed by atoms with van der Waals surface area (Å²) in [6.07, 6.45) is 2.70. The predicted molar refractivity (Wildman–Crippen MR) is 84.6 cm³/mol. The molecule has 0 bridgehead atoms. The van der Waals surface area contributed by atoms with Gasteiger partial charge in [-0.2, -0.15) is 0 Å². The molecule has 2 nitrogen and oxygen atoms in total. The molecular formula is C15H17BrN2S. The van der Waals surface area contributed by atoms with Crippen LogP contribution in [0.1, 0.15) is 18.1 Å².